The molecule has 10 heteroatoms. The summed E-state index contributed by atoms with van der Waals surface area (Å²) in [5, 5.41) is 18.1. The molecular weight excluding hydrogens is 430 g/mol. The molecular formula is C22H15N5O4S. The van der Waals surface area contributed by atoms with Gasteiger partial charge < -0.3 is 9.47 Å². The summed E-state index contributed by atoms with van der Waals surface area (Å²) in [6.45, 7) is 0.0264. The molecule has 158 valence electrons. The molecule has 32 heavy (non-hydrogen) atoms. The molecule has 2 aromatic carbocycles. The van der Waals surface area contributed by atoms with E-state index in [0.717, 1.165) is 11.3 Å². The smallest absolute Gasteiger partial charge is 0.282 e. The molecule has 0 spiro atoms. The number of thiazole rings is 1. The van der Waals surface area contributed by atoms with Crippen molar-refractivity contribution in [3.63, 3.8) is 0 Å². The lowest BCUT2D eigenvalue weighted by Crippen LogP contribution is -2.11. The highest BCUT2D eigenvalue weighted by Gasteiger charge is 2.22. The van der Waals surface area contributed by atoms with Crippen LogP contribution in [0.4, 0.5) is 11.4 Å². The van der Waals surface area contributed by atoms with Crippen LogP contribution >= 0.6 is 11.3 Å². The highest BCUT2D eigenvalue weighted by molar-refractivity contribution is 7.07. The fourth-order valence-electron chi connectivity index (χ4n) is 3.15. The first kappa shape index (κ1) is 19.6. The molecule has 0 bridgehead atoms. The van der Waals surface area contributed by atoms with Gasteiger partial charge in [0.25, 0.3) is 5.69 Å². The Balaban J connectivity index is 1.65. The van der Waals surface area contributed by atoms with Crippen LogP contribution in [-0.4, -0.2) is 27.6 Å². The SMILES string of the molecule is O=[N+]([O-])c1cc2c(cc1C=Nn1c(-c3ccccc3)csc1=Nc1cccnc1)OCO2. The van der Waals surface area contributed by atoms with Crippen molar-refractivity contribution in [2.24, 2.45) is 10.1 Å². The number of hydrogen-bond acceptors (Lipinski definition) is 8. The number of ether oxygens (including phenoxy) is 2. The Labute approximate surface area is 185 Å². The van der Waals surface area contributed by atoms with Crippen LogP contribution < -0.4 is 14.3 Å². The first-order valence-electron chi connectivity index (χ1n) is 9.52. The molecule has 0 aliphatic carbocycles. The molecule has 2 aromatic heterocycles. The Morgan fingerprint density at radius 1 is 1.12 bits per heavy atom. The van der Waals surface area contributed by atoms with E-state index in [9.17, 15) is 10.1 Å². The number of aromatic nitrogens is 2. The van der Waals surface area contributed by atoms with E-state index in [-0.39, 0.29) is 12.5 Å². The molecule has 4 aromatic rings. The van der Waals surface area contributed by atoms with Crippen LogP contribution in [-0.2, 0) is 0 Å². The maximum absolute atomic E-state index is 11.6. The Bertz CT molecular complexity index is 1380. The van der Waals surface area contributed by atoms with Crippen LogP contribution in [0.1, 0.15) is 5.56 Å². The van der Waals surface area contributed by atoms with Gasteiger partial charge in [0.05, 0.1) is 40.3 Å². The van der Waals surface area contributed by atoms with Crippen LogP contribution in [0.3, 0.4) is 0 Å². The highest BCUT2D eigenvalue weighted by Crippen LogP contribution is 2.37. The van der Waals surface area contributed by atoms with Gasteiger partial charge in [-0.1, -0.05) is 30.3 Å². The predicted molar refractivity (Wildman–Crippen MR) is 119 cm³/mol. The van der Waals surface area contributed by atoms with Gasteiger partial charge in [-0.15, -0.1) is 11.3 Å². The zero-order valence-corrected chi connectivity index (χ0v) is 17.3. The summed E-state index contributed by atoms with van der Waals surface area (Å²) in [5.41, 5.74) is 2.59. The second-order valence-corrected chi connectivity index (χ2v) is 7.51. The third-order valence-corrected chi connectivity index (χ3v) is 5.47. The van der Waals surface area contributed by atoms with Gasteiger partial charge in [0.15, 0.2) is 11.5 Å². The van der Waals surface area contributed by atoms with Crippen molar-refractivity contribution in [1.29, 1.82) is 0 Å². The molecule has 0 saturated carbocycles. The van der Waals surface area contributed by atoms with Crippen molar-refractivity contribution in [3.8, 4) is 22.8 Å². The molecule has 5 rings (SSSR count). The van der Waals surface area contributed by atoms with Crippen molar-refractivity contribution in [3.05, 3.63) is 92.9 Å². The summed E-state index contributed by atoms with van der Waals surface area (Å²) < 4.78 is 12.3. The minimum atomic E-state index is -0.472. The number of rotatable bonds is 5. The summed E-state index contributed by atoms with van der Waals surface area (Å²) in [7, 11) is 0. The second kappa shape index (κ2) is 8.44. The molecule has 0 N–H and O–H groups in total. The van der Waals surface area contributed by atoms with E-state index in [0.29, 0.717) is 27.6 Å². The Morgan fingerprint density at radius 3 is 2.69 bits per heavy atom. The summed E-state index contributed by atoms with van der Waals surface area (Å²) in [6.07, 6.45) is 4.76. The highest BCUT2D eigenvalue weighted by atomic mass is 32.1. The van der Waals surface area contributed by atoms with Gasteiger partial charge >= 0.3 is 0 Å². The first-order chi connectivity index (χ1) is 15.7. The lowest BCUT2D eigenvalue weighted by molar-refractivity contribution is -0.385. The summed E-state index contributed by atoms with van der Waals surface area (Å²) in [4.78, 5) is 20.5. The van der Waals surface area contributed by atoms with Crippen molar-refractivity contribution in [2.75, 3.05) is 6.79 Å². The molecule has 0 unspecified atom stereocenters. The van der Waals surface area contributed by atoms with E-state index >= 15 is 0 Å². The number of benzene rings is 2. The third kappa shape index (κ3) is 3.86. The zero-order chi connectivity index (χ0) is 21.9. The maximum Gasteiger partial charge on any atom is 0.282 e. The van der Waals surface area contributed by atoms with E-state index in [1.165, 1.54) is 23.6 Å². The lowest BCUT2D eigenvalue weighted by atomic mass is 10.1. The summed E-state index contributed by atoms with van der Waals surface area (Å²) in [6, 6.07) is 16.3. The largest absolute Gasteiger partial charge is 0.454 e. The molecule has 3 heterocycles. The fourth-order valence-corrected chi connectivity index (χ4v) is 4.01. The van der Waals surface area contributed by atoms with Crippen molar-refractivity contribution < 1.29 is 14.4 Å². The Morgan fingerprint density at radius 2 is 1.94 bits per heavy atom. The predicted octanol–water partition coefficient (Wildman–Crippen LogP) is 4.36. The molecule has 0 radical (unpaired) electrons. The van der Waals surface area contributed by atoms with Crippen LogP contribution in [0.5, 0.6) is 11.5 Å². The van der Waals surface area contributed by atoms with E-state index in [1.807, 2.05) is 41.8 Å². The average molecular weight is 445 g/mol. The summed E-state index contributed by atoms with van der Waals surface area (Å²) in [5.74, 6) is 0.783. The minimum Gasteiger partial charge on any atom is -0.454 e. The van der Waals surface area contributed by atoms with Gasteiger partial charge in [0, 0.05) is 17.1 Å². The Hall–Kier alpha value is -4.31. The average Bonchev–Trinajstić information content (AvgIpc) is 3.44. The number of nitrogens with zero attached hydrogens (tertiary/aromatic N) is 5. The number of pyridine rings is 1. The van der Waals surface area contributed by atoms with Gasteiger partial charge in [-0.05, 0) is 18.2 Å². The van der Waals surface area contributed by atoms with Crippen LogP contribution in [0.15, 0.2) is 82.5 Å². The normalized spacial score (nSPS) is 13.1. The minimum absolute atomic E-state index is 0.0264. The first-order valence-corrected chi connectivity index (χ1v) is 10.4. The van der Waals surface area contributed by atoms with Crippen molar-refractivity contribution in [2.45, 2.75) is 0 Å². The molecule has 1 aliphatic heterocycles. The number of fused-ring (bicyclic) bond motifs is 1. The third-order valence-electron chi connectivity index (χ3n) is 4.66. The van der Waals surface area contributed by atoms with Gasteiger partial charge in [0.1, 0.15) is 0 Å². The topological polar surface area (TPSA) is 104 Å². The van der Waals surface area contributed by atoms with E-state index in [4.69, 9.17) is 9.47 Å². The number of nitro groups is 1. The quantitative estimate of drug-likeness (QED) is 0.258. The number of nitro benzene ring substituents is 1. The molecule has 1 aliphatic rings. The van der Waals surface area contributed by atoms with Gasteiger partial charge in [0.2, 0.25) is 11.6 Å². The maximum atomic E-state index is 11.6. The van der Waals surface area contributed by atoms with E-state index < -0.39 is 4.92 Å². The molecule has 0 atom stereocenters. The van der Waals surface area contributed by atoms with Gasteiger partial charge in [-0.3, -0.25) is 15.1 Å². The van der Waals surface area contributed by atoms with Crippen molar-refractivity contribution >= 4 is 28.9 Å². The van der Waals surface area contributed by atoms with Crippen LogP contribution in [0.2, 0.25) is 0 Å². The summed E-state index contributed by atoms with van der Waals surface area (Å²) >= 11 is 1.41. The Kier molecular flexibility index (Phi) is 5.18. The van der Waals surface area contributed by atoms with E-state index in [1.54, 1.807) is 29.2 Å². The monoisotopic (exact) mass is 445 g/mol. The molecule has 0 fully saturated rings. The molecule has 9 nitrogen and oxygen atoms in total. The van der Waals surface area contributed by atoms with E-state index in [2.05, 4.69) is 15.1 Å². The molecule has 0 saturated heterocycles. The number of hydrogen-bond donors (Lipinski definition) is 0. The van der Waals surface area contributed by atoms with Gasteiger partial charge in [-0.25, -0.2) is 9.67 Å². The molecule has 0 amide bonds. The lowest BCUT2D eigenvalue weighted by Gasteiger charge is -2.04. The second-order valence-electron chi connectivity index (χ2n) is 6.67. The standard InChI is InChI=1S/C22H15N5O4S/c28-27(29)18-10-21-20(30-14-31-21)9-16(18)11-24-26-19(15-5-2-1-3-6-15)13-32-22(26)25-17-7-4-8-23-12-17/h1-13H,14H2. The fraction of sp³-hybridized carbons (Fsp3) is 0.0455. The van der Waals surface area contributed by atoms with Crippen molar-refractivity contribution in [1.82, 2.24) is 9.66 Å². The zero-order valence-electron chi connectivity index (χ0n) is 16.5. The van der Waals surface area contributed by atoms with Gasteiger partial charge in [-0.2, -0.15) is 5.10 Å². The van der Waals surface area contributed by atoms with Crippen LogP contribution in [0.25, 0.3) is 11.3 Å². The van der Waals surface area contributed by atoms with Crippen LogP contribution in [0, 0.1) is 10.1 Å².